The summed E-state index contributed by atoms with van der Waals surface area (Å²) in [6.45, 7) is 2.08. The molecule has 2 heterocycles. The number of rotatable bonds is 4. The summed E-state index contributed by atoms with van der Waals surface area (Å²) in [5.41, 5.74) is 5.96. The lowest BCUT2D eigenvalue weighted by Crippen LogP contribution is -2.19. The van der Waals surface area contributed by atoms with Gasteiger partial charge in [0.15, 0.2) is 5.17 Å². The van der Waals surface area contributed by atoms with Crippen molar-refractivity contribution >= 4 is 46.2 Å². The van der Waals surface area contributed by atoms with Crippen LogP contribution in [0.4, 0.5) is 5.69 Å². The molecule has 1 N–H and O–H groups in total. The number of thioether (sulfide) groups is 1. The minimum Gasteiger partial charge on any atom is -0.313 e. The Labute approximate surface area is 201 Å². The first kappa shape index (κ1) is 21.3. The fourth-order valence-electron chi connectivity index (χ4n) is 3.86. The van der Waals surface area contributed by atoms with Gasteiger partial charge in [-0.1, -0.05) is 66.2 Å². The lowest BCUT2D eigenvalue weighted by atomic mass is 10.1. The topological polar surface area (TPSA) is 46.4 Å². The van der Waals surface area contributed by atoms with Crippen molar-refractivity contribution in [2.24, 2.45) is 4.99 Å². The molecule has 6 heteroatoms. The first-order valence-corrected chi connectivity index (χ1v) is 11.7. The number of hydrogen-bond donors (Lipinski definition) is 1. The summed E-state index contributed by atoms with van der Waals surface area (Å²) < 4.78 is 2.22. The number of benzene rings is 3. The van der Waals surface area contributed by atoms with Crippen LogP contribution >= 0.6 is 23.4 Å². The predicted molar refractivity (Wildman–Crippen MR) is 138 cm³/mol. The molecule has 0 radical (unpaired) electrons. The van der Waals surface area contributed by atoms with Crippen LogP contribution in [0.2, 0.25) is 5.02 Å². The summed E-state index contributed by atoms with van der Waals surface area (Å²) in [6.07, 6.45) is 1.94. The maximum absolute atomic E-state index is 12.7. The maximum atomic E-state index is 12.7. The van der Waals surface area contributed by atoms with Crippen LogP contribution in [0.5, 0.6) is 0 Å². The summed E-state index contributed by atoms with van der Waals surface area (Å²) in [5, 5.41) is 4.00. The van der Waals surface area contributed by atoms with Gasteiger partial charge in [0.1, 0.15) is 0 Å². The van der Waals surface area contributed by atoms with E-state index in [4.69, 9.17) is 11.6 Å². The molecular formula is C27H20ClN3OS. The van der Waals surface area contributed by atoms with E-state index in [2.05, 4.69) is 52.1 Å². The number of aliphatic imine (C=N–C) groups is 1. The molecule has 1 fully saturated rings. The van der Waals surface area contributed by atoms with Gasteiger partial charge in [-0.25, -0.2) is 4.99 Å². The van der Waals surface area contributed by atoms with Gasteiger partial charge in [-0.2, -0.15) is 0 Å². The van der Waals surface area contributed by atoms with Crippen LogP contribution in [-0.2, 0) is 4.79 Å². The van der Waals surface area contributed by atoms with E-state index in [0.29, 0.717) is 20.8 Å². The smallest absolute Gasteiger partial charge is 0.264 e. The van der Waals surface area contributed by atoms with Crippen molar-refractivity contribution in [2.75, 3.05) is 0 Å². The molecule has 0 atom stereocenters. The average molecular weight is 470 g/mol. The number of carbonyl (C=O) groups is 1. The fourth-order valence-corrected chi connectivity index (χ4v) is 4.88. The van der Waals surface area contributed by atoms with E-state index in [0.717, 1.165) is 28.2 Å². The Bertz CT molecular complexity index is 1390. The average Bonchev–Trinajstić information content (AvgIpc) is 3.33. The van der Waals surface area contributed by atoms with Crippen molar-refractivity contribution < 1.29 is 4.79 Å². The molecule has 1 amide bonds. The number of aryl methyl sites for hydroxylation is 1. The fraction of sp³-hybridized carbons (Fsp3) is 0.0370. The second kappa shape index (κ2) is 9.14. The molecule has 0 unspecified atom stereocenters. The molecule has 4 aromatic rings. The Balaban J connectivity index is 1.58. The van der Waals surface area contributed by atoms with E-state index in [-0.39, 0.29) is 5.91 Å². The number of amidine groups is 1. The highest BCUT2D eigenvalue weighted by atomic mass is 35.5. The molecule has 1 aliphatic rings. The normalized spacial score (nSPS) is 15.9. The maximum Gasteiger partial charge on any atom is 0.264 e. The Morgan fingerprint density at radius 2 is 1.67 bits per heavy atom. The van der Waals surface area contributed by atoms with Crippen molar-refractivity contribution in [3.05, 3.63) is 112 Å². The van der Waals surface area contributed by atoms with E-state index in [1.807, 2.05) is 54.6 Å². The Kier molecular flexibility index (Phi) is 5.90. The zero-order chi connectivity index (χ0) is 22.8. The molecule has 0 spiro atoms. The molecule has 0 saturated carbocycles. The summed E-state index contributed by atoms with van der Waals surface area (Å²) >= 11 is 7.39. The van der Waals surface area contributed by atoms with Crippen LogP contribution in [0.1, 0.15) is 11.3 Å². The largest absolute Gasteiger partial charge is 0.313 e. The van der Waals surface area contributed by atoms with Gasteiger partial charge in [-0.15, -0.1) is 0 Å². The summed E-state index contributed by atoms with van der Waals surface area (Å²) in [5.74, 6) is -0.162. The number of nitrogens with zero attached hydrogens (tertiary/aromatic N) is 2. The molecule has 0 bridgehead atoms. The first-order chi connectivity index (χ1) is 16.1. The highest BCUT2D eigenvalue weighted by Gasteiger charge is 2.25. The molecule has 4 nitrogen and oxygen atoms in total. The van der Waals surface area contributed by atoms with Crippen molar-refractivity contribution in [3.8, 4) is 16.9 Å². The van der Waals surface area contributed by atoms with E-state index in [1.165, 1.54) is 11.8 Å². The van der Waals surface area contributed by atoms with Gasteiger partial charge >= 0.3 is 0 Å². The lowest BCUT2D eigenvalue weighted by molar-refractivity contribution is -0.115. The summed E-state index contributed by atoms with van der Waals surface area (Å²) in [7, 11) is 0. The number of para-hydroxylation sites is 1. The summed E-state index contributed by atoms with van der Waals surface area (Å²) in [6, 6.07) is 29.8. The monoisotopic (exact) mass is 469 g/mol. The second-order valence-corrected chi connectivity index (χ2v) is 9.06. The predicted octanol–water partition coefficient (Wildman–Crippen LogP) is 7.00. The van der Waals surface area contributed by atoms with E-state index in [1.54, 1.807) is 12.1 Å². The molecule has 33 heavy (non-hydrogen) atoms. The van der Waals surface area contributed by atoms with Crippen molar-refractivity contribution in [3.63, 3.8) is 0 Å². The van der Waals surface area contributed by atoms with Gasteiger partial charge in [-0.05, 0) is 66.7 Å². The van der Waals surface area contributed by atoms with E-state index < -0.39 is 0 Å². The van der Waals surface area contributed by atoms with Crippen molar-refractivity contribution in [1.82, 2.24) is 9.88 Å². The molecule has 1 saturated heterocycles. The van der Waals surface area contributed by atoms with Crippen LogP contribution in [0.15, 0.2) is 101 Å². The Hall–Kier alpha value is -3.54. The van der Waals surface area contributed by atoms with Gasteiger partial charge < -0.3 is 9.88 Å². The van der Waals surface area contributed by atoms with Crippen molar-refractivity contribution in [1.29, 1.82) is 0 Å². The molecule has 3 aromatic carbocycles. The van der Waals surface area contributed by atoms with Gasteiger partial charge in [0.05, 0.1) is 16.3 Å². The molecule has 1 aromatic heterocycles. The lowest BCUT2D eigenvalue weighted by Gasteiger charge is -2.13. The third-order valence-electron chi connectivity index (χ3n) is 5.25. The second-order valence-electron chi connectivity index (χ2n) is 7.59. The van der Waals surface area contributed by atoms with Crippen LogP contribution in [0, 0.1) is 6.92 Å². The van der Waals surface area contributed by atoms with Crippen molar-refractivity contribution in [2.45, 2.75) is 6.92 Å². The third-order valence-corrected chi connectivity index (χ3v) is 6.40. The molecule has 1 aliphatic heterocycles. The zero-order valence-corrected chi connectivity index (χ0v) is 19.4. The highest BCUT2D eigenvalue weighted by Crippen LogP contribution is 2.35. The molecule has 162 valence electrons. The first-order valence-electron chi connectivity index (χ1n) is 10.5. The SMILES string of the molecule is Cc1cc(/C=C2\SC(=Nc3cccc(Cl)c3)NC2=O)c(-c2ccccc2)n1-c1ccccc1. The highest BCUT2D eigenvalue weighted by molar-refractivity contribution is 8.18. The standard InChI is InChI=1S/C27H20ClN3OS/c1-18-15-20(16-24-26(32)30-27(33-24)29-22-12-8-11-21(28)17-22)25(19-9-4-2-5-10-19)31(18)23-13-6-3-7-14-23/h2-17H,1H3,(H,29,30,32)/b24-16-. The van der Waals surface area contributed by atoms with Gasteiger partial charge in [0.2, 0.25) is 0 Å². The Morgan fingerprint density at radius 1 is 0.939 bits per heavy atom. The minimum absolute atomic E-state index is 0.162. The van der Waals surface area contributed by atoms with Crippen LogP contribution in [0.3, 0.4) is 0 Å². The number of aromatic nitrogens is 1. The molecule has 0 aliphatic carbocycles. The van der Waals surface area contributed by atoms with E-state index in [9.17, 15) is 4.79 Å². The Morgan fingerprint density at radius 3 is 2.39 bits per heavy atom. The third kappa shape index (κ3) is 4.51. The van der Waals surface area contributed by atoms with E-state index >= 15 is 0 Å². The number of halogens is 1. The number of nitrogens with one attached hydrogen (secondary N) is 1. The quantitative estimate of drug-likeness (QED) is 0.327. The van der Waals surface area contributed by atoms with Gasteiger partial charge in [-0.3, -0.25) is 4.79 Å². The zero-order valence-electron chi connectivity index (χ0n) is 17.8. The van der Waals surface area contributed by atoms with Gasteiger partial charge in [0, 0.05) is 22.0 Å². The number of hydrogen-bond acceptors (Lipinski definition) is 3. The van der Waals surface area contributed by atoms with Crippen LogP contribution in [-0.4, -0.2) is 15.6 Å². The van der Waals surface area contributed by atoms with Crippen LogP contribution in [0.25, 0.3) is 23.0 Å². The number of carbonyl (C=O) groups excluding carboxylic acids is 1. The van der Waals surface area contributed by atoms with Gasteiger partial charge in [0.25, 0.3) is 5.91 Å². The number of amides is 1. The molecular weight excluding hydrogens is 450 g/mol. The summed E-state index contributed by atoms with van der Waals surface area (Å²) in [4.78, 5) is 17.9. The van der Waals surface area contributed by atoms with Crippen LogP contribution < -0.4 is 5.32 Å². The minimum atomic E-state index is -0.162. The molecule has 5 rings (SSSR count).